The summed E-state index contributed by atoms with van der Waals surface area (Å²) in [4.78, 5) is 1.23. The topological polar surface area (TPSA) is 12.0 Å². The molecular formula is C16H24ClNS. The van der Waals surface area contributed by atoms with Crippen molar-refractivity contribution in [2.45, 2.75) is 55.7 Å². The molecule has 1 aromatic carbocycles. The van der Waals surface area contributed by atoms with Gasteiger partial charge < -0.3 is 5.32 Å². The zero-order valence-corrected chi connectivity index (χ0v) is 13.4. The van der Waals surface area contributed by atoms with Gasteiger partial charge in [-0.15, -0.1) is 11.8 Å². The van der Waals surface area contributed by atoms with Gasteiger partial charge in [0.25, 0.3) is 0 Å². The lowest BCUT2D eigenvalue weighted by atomic mass is 9.84. The van der Waals surface area contributed by atoms with E-state index in [1.807, 2.05) is 23.9 Å². The van der Waals surface area contributed by atoms with Crippen LogP contribution in [0.2, 0.25) is 5.02 Å². The van der Waals surface area contributed by atoms with Gasteiger partial charge in [0.15, 0.2) is 0 Å². The molecule has 2 rings (SSSR count). The summed E-state index contributed by atoms with van der Waals surface area (Å²) in [6.07, 6.45) is 5.28. The summed E-state index contributed by atoms with van der Waals surface area (Å²) in [6, 6.07) is 8.85. The molecule has 0 spiro atoms. The van der Waals surface area contributed by atoms with Crippen LogP contribution in [-0.2, 0) is 0 Å². The quantitative estimate of drug-likeness (QED) is 0.822. The van der Waals surface area contributed by atoms with Crippen molar-refractivity contribution in [1.82, 2.24) is 5.32 Å². The number of halogens is 1. The first kappa shape index (κ1) is 15.2. The zero-order chi connectivity index (χ0) is 13.7. The summed E-state index contributed by atoms with van der Waals surface area (Å²) in [5, 5.41) is 5.20. The van der Waals surface area contributed by atoms with Crippen LogP contribution in [0.3, 0.4) is 0 Å². The highest BCUT2D eigenvalue weighted by molar-refractivity contribution is 8.00. The van der Waals surface area contributed by atoms with E-state index in [1.54, 1.807) is 0 Å². The van der Waals surface area contributed by atoms with E-state index in [1.165, 1.54) is 30.6 Å². The number of rotatable bonds is 5. The van der Waals surface area contributed by atoms with E-state index in [0.717, 1.165) is 17.5 Å². The summed E-state index contributed by atoms with van der Waals surface area (Å²) < 4.78 is 0. The Hall–Kier alpha value is -0.180. The normalized spacial score (nSPS) is 27.4. The van der Waals surface area contributed by atoms with Gasteiger partial charge in [-0.05, 0) is 43.9 Å². The predicted octanol–water partition coefficient (Wildman–Crippen LogP) is 4.99. The first-order valence-electron chi connectivity index (χ1n) is 7.39. The molecule has 3 atom stereocenters. The van der Waals surface area contributed by atoms with Crippen molar-refractivity contribution in [2.24, 2.45) is 5.92 Å². The molecule has 3 unspecified atom stereocenters. The summed E-state index contributed by atoms with van der Waals surface area (Å²) in [5.74, 6) is 0.884. The first-order valence-corrected chi connectivity index (χ1v) is 8.64. The lowest BCUT2D eigenvalue weighted by Gasteiger charge is -2.36. The minimum absolute atomic E-state index is 0.633. The minimum Gasteiger partial charge on any atom is -0.313 e. The lowest BCUT2D eigenvalue weighted by Crippen LogP contribution is -2.42. The van der Waals surface area contributed by atoms with Crippen LogP contribution in [0, 0.1) is 5.92 Å². The average molecular weight is 298 g/mol. The molecule has 0 aromatic heterocycles. The maximum absolute atomic E-state index is 6.30. The van der Waals surface area contributed by atoms with Crippen molar-refractivity contribution in [3.63, 3.8) is 0 Å². The number of thioether (sulfide) groups is 1. The van der Waals surface area contributed by atoms with E-state index in [0.29, 0.717) is 11.3 Å². The third-order valence-electron chi connectivity index (χ3n) is 4.06. The van der Waals surface area contributed by atoms with Gasteiger partial charge in [0.2, 0.25) is 0 Å². The highest BCUT2D eigenvalue weighted by atomic mass is 35.5. The van der Waals surface area contributed by atoms with Crippen LogP contribution < -0.4 is 5.32 Å². The number of nitrogens with one attached hydrogen (secondary N) is 1. The average Bonchev–Trinajstić information content (AvgIpc) is 2.43. The molecule has 1 fully saturated rings. The summed E-state index contributed by atoms with van der Waals surface area (Å²) in [7, 11) is 0. The minimum atomic E-state index is 0.633. The molecule has 0 amide bonds. The second kappa shape index (κ2) is 7.56. The third kappa shape index (κ3) is 4.14. The van der Waals surface area contributed by atoms with Gasteiger partial charge >= 0.3 is 0 Å². The van der Waals surface area contributed by atoms with E-state index in [2.05, 4.69) is 31.3 Å². The molecule has 1 aromatic rings. The molecule has 0 radical (unpaired) electrons. The van der Waals surface area contributed by atoms with Crippen LogP contribution in [0.1, 0.15) is 39.5 Å². The Morgan fingerprint density at radius 3 is 2.74 bits per heavy atom. The van der Waals surface area contributed by atoms with Crippen LogP contribution in [0.25, 0.3) is 0 Å². The molecule has 0 bridgehead atoms. The van der Waals surface area contributed by atoms with Crippen molar-refractivity contribution in [3.8, 4) is 0 Å². The van der Waals surface area contributed by atoms with E-state index in [-0.39, 0.29) is 0 Å². The number of hydrogen-bond acceptors (Lipinski definition) is 2. The molecule has 1 saturated carbocycles. The number of benzene rings is 1. The van der Waals surface area contributed by atoms with Crippen molar-refractivity contribution >= 4 is 23.4 Å². The fourth-order valence-electron chi connectivity index (χ4n) is 2.91. The van der Waals surface area contributed by atoms with E-state index in [4.69, 9.17) is 11.6 Å². The Morgan fingerprint density at radius 2 is 2.05 bits per heavy atom. The van der Waals surface area contributed by atoms with E-state index < -0.39 is 0 Å². The largest absolute Gasteiger partial charge is 0.313 e. The lowest BCUT2D eigenvalue weighted by molar-refractivity contribution is 0.298. The SMILES string of the molecule is CCNC1CCC(CC)CC1Sc1ccccc1Cl. The van der Waals surface area contributed by atoms with Crippen molar-refractivity contribution in [3.05, 3.63) is 29.3 Å². The Balaban J connectivity index is 2.07. The van der Waals surface area contributed by atoms with Gasteiger partial charge in [-0.25, -0.2) is 0 Å². The fourth-order valence-corrected chi connectivity index (χ4v) is 4.61. The molecule has 1 nitrogen and oxygen atoms in total. The van der Waals surface area contributed by atoms with Crippen LogP contribution in [-0.4, -0.2) is 17.8 Å². The van der Waals surface area contributed by atoms with Gasteiger partial charge in [0, 0.05) is 16.2 Å². The van der Waals surface area contributed by atoms with Gasteiger partial charge in [0.05, 0.1) is 5.02 Å². The predicted molar refractivity (Wildman–Crippen MR) is 86.2 cm³/mol. The number of hydrogen-bond donors (Lipinski definition) is 1. The summed E-state index contributed by atoms with van der Waals surface area (Å²) in [5.41, 5.74) is 0. The van der Waals surface area contributed by atoms with E-state index >= 15 is 0 Å². The van der Waals surface area contributed by atoms with Gasteiger partial charge in [-0.3, -0.25) is 0 Å². The summed E-state index contributed by atoms with van der Waals surface area (Å²) >= 11 is 8.26. The van der Waals surface area contributed by atoms with Crippen molar-refractivity contribution in [1.29, 1.82) is 0 Å². The smallest absolute Gasteiger partial charge is 0.0541 e. The van der Waals surface area contributed by atoms with E-state index in [9.17, 15) is 0 Å². The Morgan fingerprint density at radius 1 is 1.26 bits per heavy atom. The molecule has 1 aliphatic carbocycles. The van der Waals surface area contributed by atoms with Crippen molar-refractivity contribution in [2.75, 3.05) is 6.54 Å². The third-order valence-corrected chi connectivity index (χ3v) is 5.93. The maximum atomic E-state index is 6.30. The molecule has 1 aliphatic rings. The standard InChI is InChI=1S/C16H24ClNS/c1-3-12-9-10-14(18-4-2)16(11-12)19-15-8-6-5-7-13(15)17/h5-8,12,14,16,18H,3-4,9-11H2,1-2H3. The fraction of sp³-hybridized carbons (Fsp3) is 0.625. The molecule has 0 saturated heterocycles. The zero-order valence-electron chi connectivity index (χ0n) is 11.9. The van der Waals surface area contributed by atoms with Crippen LogP contribution >= 0.6 is 23.4 Å². The Labute approximate surface area is 126 Å². The molecule has 1 N–H and O–H groups in total. The molecule has 106 valence electrons. The Kier molecular flexibility index (Phi) is 6.06. The van der Waals surface area contributed by atoms with Crippen LogP contribution in [0.4, 0.5) is 0 Å². The molecule has 0 aliphatic heterocycles. The molecule has 0 heterocycles. The van der Waals surface area contributed by atoms with Crippen LogP contribution in [0.15, 0.2) is 29.2 Å². The highest BCUT2D eigenvalue weighted by Gasteiger charge is 2.30. The van der Waals surface area contributed by atoms with Gasteiger partial charge in [-0.1, -0.05) is 44.0 Å². The second-order valence-corrected chi connectivity index (χ2v) is 7.03. The second-order valence-electron chi connectivity index (χ2n) is 5.34. The molecular weight excluding hydrogens is 274 g/mol. The van der Waals surface area contributed by atoms with Crippen LogP contribution in [0.5, 0.6) is 0 Å². The first-order chi connectivity index (χ1) is 9.24. The maximum Gasteiger partial charge on any atom is 0.0541 e. The highest BCUT2D eigenvalue weighted by Crippen LogP contribution is 2.39. The van der Waals surface area contributed by atoms with Crippen molar-refractivity contribution < 1.29 is 0 Å². The monoisotopic (exact) mass is 297 g/mol. The van der Waals surface area contributed by atoms with Gasteiger partial charge in [-0.2, -0.15) is 0 Å². The Bertz CT molecular complexity index is 396. The summed E-state index contributed by atoms with van der Waals surface area (Å²) in [6.45, 7) is 5.57. The molecule has 19 heavy (non-hydrogen) atoms. The molecule has 3 heteroatoms. The van der Waals surface area contributed by atoms with Gasteiger partial charge in [0.1, 0.15) is 0 Å².